The fourth-order valence-electron chi connectivity index (χ4n) is 1.49. The highest BCUT2D eigenvalue weighted by Crippen LogP contribution is 1.99. The van der Waals surface area contributed by atoms with E-state index in [0.717, 1.165) is 39.0 Å². The molecule has 1 saturated heterocycles. The van der Waals surface area contributed by atoms with Crippen LogP contribution in [0.25, 0.3) is 0 Å². The molecule has 5 heteroatoms. The van der Waals surface area contributed by atoms with Gasteiger partial charge in [0.1, 0.15) is 0 Å². The summed E-state index contributed by atoms with van der Waals surface area (Å²) in [5.41, 5.74) is 5.67. The van der Waals surface area contributed by atoms with E-state index in [1.807, 2.05) is 0 Å². The molecule has 0 bridgehead atoms. The van der Waals surface area contributed by atoms with E-state index in [1.54, 1.807) is 12.3 Å². The van der Waals surface area contributed by atoms with Crippen molar-refractivity contribution in [3.63, 3.8) is 0 Å². The lowest BCUT2D eigenvalue weighted by atomic mass is 10.4. The van der Waals surface area contributed by atoms with Crippen molar-refractivity contribution in [1.82, 2.24) is 9.91 Å². The third-order valence-electron chi connectivity index (χ3n) is 2.72. The lowest BCUT2D eigenvalue weighted by molar-refractivity contribution is 0.159. The molecule has 0 aromatic carbocycles. The fraction of sp³-hybridized carbons (Fsp3) is 0.750. The Labute approximate surface area is 104 Å². The van der Waals surface area contributed by atoms with Gasteiger partial charge in [0, 0.05) is 32.3 Å². The number of hydrazone groups is 1. The Bertz CT molecular complexity index is 257. The van der Waals surface area contributed by atoms with Crippen LogP contribution in [0.2, 0.25) is 0 Å². The highest BCUT2D eigenvalue weighted by molar-refractivity contribution is 5.71. The summed E-state index contributed by atoms with van der Waals surface area (Å²) in [6, 6.07) is 0. The first kappa shape index (κ1) is 13.8. The molecule has 98 valence electrons. The van der Waals surface area contributed by atoms with Gasteiger partial charge in [0.05, 0.1) is 12.8 Å². The largest absolute Gasteiger partial charge is 0.479 e. The van der Waals surface area contributed by atoms with Gasteiger partial charge in [-0.2, -0.15) is 5.10 Å². The van der Waals surface area contributed by atoms with E-state index in [-0.39, 0.29) is 0 Å². The van der Waals surface area contributed by atoms with E-state index < -0.39 is 0 Å². The average molecular weight is 240 g/mol. The molecule has 5 nitrogen and oxygen atoms in total. The second-order valence-electron chi connectivity index (χ2n) is 4.29. The molecule has 0 aromatic heterocycles. The van der Waals surface area contributed by atoms with Gasteiger partial charge >= 0.3 is 0 Å². The predicted octanol–water partition coefficient (Wildman–Crippen LogP) is 0.836. The number of hydrogen-bond donors (Lipinski definition) is 1. The van der Waals surface area contributed by atoms with Crippen LogP contribution >= 0.6 is 0 Å². The van der Waals surface area contributed by atoms with Gasteiger partial charge in [-0.15, -0.1) is 0 Å². The van der Waals surface area contributed by atoms with Crippen LogP contribution in [-0.2, 0) is 4.74 Å². The number of nitrogens with two attached hydrogens (primary N) is 1. The van der Waals surface area contributed by atoms with Gasteiger partial charge in [-0.25, -0.2) is 0 Å². The number of ether oxygens (including phenoxy) is 1. The summed E-state index contributed by atoms with van der Waals surface area (Å²) < 4.78 is 5.31. The molecule has 0 atom stereocenters. The molecule has 0 spiro atoms. The SMILES string of the molecule is CCCCOC(N)=CC=NN1CCN(C)CC1. The van der Waals surface area contributed by atoms with Crippen molar-refractivity contribution in [2.45, 2.75) is 19.8 Å². The Balaban J connectivity index is 2.21. The summed E-state index contributed by atoms with van der Waals surface area (Å²) in [5, 5.41) is 6.38. The minimum Gasteiger partial charge on any atom is -0.479 e. The molecule has 1 fully saturated rings. The van der Waals surface area contributed by atoms with E-state index in [2.05, 4.69) is 29.0 Å². The van der Waals surface area contributed by atoms with E-state index in [4.69, 9.17) is 10.5 Å². The third-order valence-corrected chi connectivity index (χ3v) is 2.72. The number of likely N-dealkylation sites (N-methyl/N-ethyl adjacent to an activating group) is 1. The van der Waals surface area contributed by atoms with E-state index in [9.17, 15) is 0 Å². The summed E-state index contributed by atoms with van der Waals surface area (Å²) in [7, 11) is 2.13. The molecule has 1 rings (SSSR count). The number of nitrogens with zero attached hydrogens (tertiary/aromatic N) is 3. The first-order valence-electron chi connectivity index (χ1n) is 6.28. The Kier molecular flexibility index (Phi) is 6.47. The second-order valence-corrected chi connectivity index (χ2v) is 4.29. The van der Waals surface area contributed by atoms with Crippen LogP contribution in [0.5, 0.6) is 0 Å². The van der Waals surface area contributed by atoms with Crippen LogP contribution in [0.1, 0.15) is 19.8 Å². The lowest BCUT2D eigenvalue weighted by Gasteiger charge is -2.30. The zero-order valence-electron chi connectivity index (χ0n) is 10.9. The van der Waals surface area contributed by atoms with Crippen LogP contribution in [0.3, 0.4) is 0 Å². The molecular weight excluding hydrogens is 216 g/mol. The molecule has 0 aromatic rings. The number of unbranched alkanes of at least 4 members (excludes halogenated alkanes) is 1. The standard InChI is InChI=1S/C12H24N4O/c1-3-4-11-17-12(13)5-6-14-16-9-7-15(2)8-10-16/h5-6H,3-4,7-11,13H2,1-2H3. The topological polar surface area (TPSA) is 54.1 Å². The monoisotopic (exact) mass is 240 g/mol. The third kappa shape index (κ3) is 6.16. The first-order valence-corrected chi connectivity index (χ1v) is 6.28. The minimum atomic E-state index is 0.441. The van der Waals surface area contributed by atoms with Crippen molar-refractivity contribution >= 4 is 6.21 Å². The van der Waals surface area contributed by atoms with Gasteiger partial charge in [0.2, 0.25) is 0 Å². The zero-order valence-corrected chi connectivity index (χ0v) is 10.9. The van der Waals surface area contributed by atoms with Crippen molar-refractivity contribution in [2.75, 3.05) is 39.8 Å². The normalized spacial score (nSPS) is 18.9. The lowest BCUT2D eigenvalue weighted by Crippen LogP contribution is -2.41. The molecule has 0 radical (unpaired) electrons. The van der Waals surface area contributed by atoms with Crippen LogP contribution in [0, 0.1) is 0 Å². The van der Waals surface area contributed by atoms with Crippen LogP contribution < -0.4 is 5.73 Å². The molecule has 0 unspecified atom stereocenters. The van der Waals surface area contributed by atoms with Crippen LogP contribution in [-0.4, -0.2) is 56.0 Å². The predicted molar refractivity (Wildman–Crippen MR) is 70.7 cm³/mol. The maximum Gasteiger partial charge on any atom is 0.185 e. The van der Waals surface area contributed by atoms with Gasteiger partial charge in [0.25, 0.3) is 0 Å². The summed E-state index contributed by atoms with van der Waals surface area (Å²) in [6.07, 6.45) is 5.58. The van der Waals surface area contributed by atoms with Gasteiger partial charge < -0.3 is 15.4 Å². The Morgan fingerprint density at radius 3 is 2.71 bits per heavy atom. The second kappa shape index (κ2) is 7.95. The number of rotatable bonds is 6. The highest BCUT2D eigenvalue weighted by Gasteiger charge is 2.10. The minimum absolute atomic E-state index is 0.441. The maximum atomic E-state index is 5.67. The fourth-order valence-corrected chi connectivity index (χ4v) is 1.49. The molecule has 1 heterocycles. The van der Waals surface area contributed by atoms with Crippen LogP contribution in [0.4, 0.5) is 0 Å². The number of hydrogen-bond acceptors (Lipinski definition) is 5. The van der Waals surface area contributed by atoms with Crippen molar-refractivity contribution in [3.8, 4) is 0 Å². The van der Waals surface area contributed by atoms with Gasteiger partial charge in [-0.3, -0.25) is 5.01 Å². The summed E-state index contributed by atoms with van der Waals surface area (Å²) >= 11 is 0. The molecule has 17 heavy (non-hydrogen) atoms. The average Bonchev–Trinajstić information content (AvgIpc) is 2.32. The zero-order chi connectivity index (χ0) is 12.5. The Hall–Kier alpha value is -1.23. The van der Waals surface area contributed by atoms with Gasteiger partial charge in [0.15, 0.2) is 5.88 Å². The molecule has 1 aliphatic rings. The Morgan fingerprint density at radius 1 is 1.35 bits per heavy atom. The van der Waals surface area contributed by atoms with E-state index >= 15 is 0 Å². The maximum absolute atomic E-state index is 5.67. The van der Waals surface area contributed by atoms with Crippen molar-refractivity contribution in [3.05, 3.63) is 12.0 Å². The molecule has 1 aliphatic heterocycles. The molecule has 0 saturated carbocycles. The van der Waals surface area contributed by atoms with E-state index in [1.165, 1.54) is 0 Å². The van der Waals surface area contributed by atoms with Crippen molar-refractivity contribution in [2.24, 2.45) is 10.8 Å². The van der Waals surface area contributed by atoms with Gasteiger partial charge in [-0.1, -0.05) is 13.3 Å². The van der Waals surface area contributed by atoms with Gasteiger partial charge in [-0.05, 0) is 13.5 Å². The quantitative estimate of drug-likeness (QED) is 0.424. The summed E-state index contributed by atoms with van der Waals surface area (Å²) in [5.74, 6) is 0.441. The molecule has 2 N–H and O–H groups in total. The van der Waals surface area contributed by atoms with Crippen molar-refractivity contribution in [1.29, 1.82) is 0 Å². The Morgan fingerprint density at radius 2 is 2.06 bits per heavy atom. The summed E-state index contributed by atoms with van der Waals surface area (Å²) in [4.78, 5) is 2.30. The highest BCUT2D eigenvalue weighted by atomic mass is 16.5. The first-order chi connectivity index (χ1) is 8.22. The van der Waals surface area contributed by atoms with Crippen molar-refractivity contribution < 1.29 is 4.74 Å². The van der Waals surface area contributed by atoms with Crippen LogP contribution in [0.15, 0.2) is 17.1 Å². The van der Waals surface area contributed by atoms with E-state index in [0.29, 0.717) is 12.5 Å². The number of allylic oxidation sites excluding steroid dienone is 1. The summed E-state index contributed by atoms with van der Waals surface area (Å²) in [6.45, 7) is 6.86. The number of piperazine rings is 1. The molecule has 0 amide bonds. The smallest absolute Gasteiger partial charge is 0.185 e. The molecular formula is C12H24N4O. The molecule has 0 aliphatic carbocycles.